The van der Waals surface area contributed by atoms with Gasteiger partial charge in [0.25, 0.3) is 0 Å². The Morgan fingerprint density at radius 3 is 2.48 bits per heavy atom. The quantitative estimate of drug-likeness (QED) is 0.314. The summed E-state index contributed by atoms with van der Waals surface area (Å²) in [6, 6.07) is 21.6. The van der Waals surface area contributed by atoms with Gasteiger partial charge in [-0.05, 0) is 55.1 Å². The predicted molar refractivity (Wildman–Crippen MR) is 130 cm³/mol. The van der Waals surface area contributed by atoms with Gasteiger partial charge in [-0.2, -0.15) is 0 Å². The van der Waals surface area contributed by atoms with Crippen LogP contribution in [0.4, 0.5) is 11.4 Å². The van der Waals surface area contributed by atoms with E-state index >= 15 is 0 Å². The lowest BCUT2D eigenvalue weighted by molar-refractivity contribution is 0.291. The summed E-state index contributed by atoms with van der Waals surface area (Å²) in [4.78, 5) is 6.92. The van der Waals surface area contributed by atoms with E-state index in [4.69, 9.17) is 11.6 Å². The Kier molecular flexibility index (Phi) is 6.40. The van der Waals surface area contributed by atoms with Gasteiger partial charge >= 0.3 is 0 Å². The van der Waals surface area contributed by atoms with Crippen LogP contribution in [0.15, 0.2) is 72.9 Å². The third kappa shape index (κ3) is 4.66. The minimum atomic E-state index is 0.312. The van der Waals surface area contributed by atoms with Crippen molar-refractivity contribution in [2.75, 3.05) is 18.4 Å². The van der Waals surface area contributed by atoms with Crippen molar-refractivity contribution in [1.82, 2.24) is 9.88 Å². The summed E-state index contributed by atoms with van der Waals surface area (Å²) in [5.41, 5.74) is 5.70. The normalized spacial score (nSPS) is 11.2. The fraction of sp³-hybridized carbons (Fsp3) is 0.192. The van der Waals surface area contributed by atoms with Gasteiger partial charge in [-0.3, -0.25) is 9.88 Å². The smallest absolute Gasteiger partial charge is 0.120 e. The molecule has 158 valence electrons. The summed E-state index contributed by atoms with van der Waals surface area (Å²) in [6.07, 6.45) is 1.88. The summed E-state index contributed by atoms with van der Waals surface area (Å²) in [5.74, 6) is 0.312. The van der Waals surface area contributed by atoms with E-state index < -0.39 is 0 Å². The molecule has 0 saturated heterocycles. The van der Waals surface area contributed by atoms with Crippen LogP contribution in [0.1, 0.15) is 19.4 Å². The first-order valence-electron chi connectivity index (χ1n) is 10.5. The topological polar surface area (TPSA) is 48.4 Å². The fourth-order valence-corrected chi connectivity index (χ4v) is 3.93. The van der Waals surface area contributed by atoms with Crippen molar-refractivity contribution in [1.29, 1.82) is 0 Å². The highest BCUT2D eigenvalue weighted by atomic mass is 35.5. The third-order valence-electron chi connectivity index (χ3n) is 5.55. The van der Waals surface area contributed by atoms with Crippen molar-refractivity contribution in [3.05, 3.63) is 83.5 Å². The molecule has 2 N–H and O–H groups in total. The zero-order valence-corrected chi connectivity index (χ0v) is 18.5. The third-order valence-corrected chi connectivity index (χ3v) is 5.79. The second-order valence-corrected chi connectivity index (χ2v) is 7.94. The fourth-order valence-electron chi connectivity index (χ4n) is 3.76. The summed E-state index contributed by atoms with van der Waals surface area (Å²) in [6.45, 7) is 6.82. The Morgan fingerprint density at radius 1 is 0.968 bits per heavy atom. The van der Waals surface area contributed by atoms with Crippen LogP contribution in [0.2, 0.25) is 5.02 Å². The van der Waals surface area contributed by atoms with Crippen LogP contribution in [0.5, 0.6) is 5.75 Å². The lowest BCUT2D eigenvalue weighted by Gasteiger charge is -2.20. The molecule has 5 heteroatoms. The molecule has 4 rings (SSSR count). The molecule has 1 heterocycles. The number of fused-ring (bicyclic) bond motifs is 1. The number of aromatic hydroxyl groups is 1. The second kappa shape index (κ2) is 9.38. The number of hydrogen-bond acceptors (Lipinski definition) is 4. The van der Waals surface area contributed by atoms with Crippen LogP contribution in [0, 0.1) is 0 Å². The highest BCUT2D eigenvalue weighted by Gasteiger charge is 2.13. The van der Waals surface area contributed by atoms with Gasteiger partial charge in [0.05, 0.1) is 11.2 Å². The molecule has 0 saturated carbocycles. The van der Waals surface area contributed by atoms with E-state index in [9.17, 15) is 5.11 Å². The SMILES string of the molecule is CCN(CC)Cc1cc(Nc2c(-c3ccccc3)cnc3cc(Cl)ccc23)ccc1O. The van der Waals surface area contributed by atoms with Gasteiger partial charge in [-0.15, -0.1) is 0 Å². The number of benzene rings is 3. The summed E-state index contributed by atoms with van der Waals surface area (Å²) in [5, 5.41) is 15.6. The van der Waals surface area contributed by atoms with Crippen LogP contribution in [-0.4, -0.2) is 28.1 Å². The second-order valence-electron chi connectivity index (χ2n) is 7.50. The van der Waals surface area contributed by atoms with Crippen molar-refractivity contribution < 1.29 is 5.11 Å². The summed E-state index contributed by atoms with van der Waals surface area (Å²) < 4.78 is 0. The first-order valence-corrected chi connectivity index (χ1v) is 10.9. The molecule has 1 aromatic heterocycles. The number of hydrogen-bond donors (Lipinski definition) is 2. The average molecular weight is 432 g/mol. The molecule has 0 spiro atoms. The Balaban J connectivity index is 1.80. The maximum atomic E-state index is 10.4. The van der Waals surface area contributed by atoms with Gasteiger partial charge in [-0.25, -0.2) is 0 Å². The molecule has 0 unspecified atom stereocenters. The van der Waals surface area contributed by atoms with E-state index in [0.717, 1.165) is 52.1 Å². The van der Waals surface area contributed by atoms with E-state index in [-0.39, 0.29) is 0 Å². The standard InChI is InChI=1S/C26H26ClN3O/c1-3-30(4-2)17-19-14-21(11-13-25(19)31)29-26-22-12-10-20(27)15-24(22)28-16-23(26)18-8-6-5-7-9-18/h5-16,31H,3-4,17H2,1-2H3,(H,28,29). The molecule has 4 nitrogen and oxygen atoms in total. The highest BCUT2D eigenvalue weighted by molar-refractivity contribution is 6.31. The minimum absolute atomic E-state index is 0.312. The monoisotopic (exact) mass is 431 g/mol. The number of halogens is 1. The molecule has 0 bridgehead atoms. The number of phenols is 1. The molecule has 3 aromatic carbocycles. The molecule has 31 heavy (non-hydrogen) atoms. The molecule has 0 fully saturated rings. The molecule has 4 aromatic rings. The van der Waals surface area contributed by atoms with Crippen molar-refractivity contribution in [2.45, 2.75) is 20.4 Å². The molecular weight excluding hydrogens is 406 g/mol. The van der Waals surface area contributed by atoms with Crippen LogP contribution >= 0.6 is 11.6 Å². The van der Waals surface area contributed by atoms with E-state index in [0.29, 0.717) is 17.3 Å². The Morgan fingerprint density at radius 2 is 1.74 bits per heavy atom. The molecule has 0 atom stereocenters. The first kappa shape index (κ1) is 21.2. The average Bonchev–Trinajstić information content (AvgIpc) is 2.80. The van der Waals surface area contributed by atoms with Gasteiger partial charge in [-0.1, -0.05) is 55.8 Å². The molecular formula is C26H26ClN3O. The number of rotatable bonds is 7. The number of pyridine rings is 1. The lowest BCUT2D eigenvalue weighted by Crippen LogP contribution is -2.22. The molecule has 0 aliphatic heterocycles. The number of nitrogens with one attached hydrogen (secondary N) is 1. The van der Waals surface area contributed by atoms with E-state index in [1.54, 1.807) is 6.07 Å². The molecule has 0 aliphatic rings. The number of anilines is 2. The predicted octanol–water partition coefficient (Wildman–Crippen LogP) is 6.85. The molecule has 0 amide bonds. The summed E-state index contributed by atoms with van der Waals surface area (Å²) >= 11 is 6.21. The Bertz CT molecular complexity index is 1190. The van der Waals surface area contributed by atoms with Crippen molar-refractivity contribution in [2.24, 2.45) is 0 Å². The zero-order valence-electron chi connectivity index (χ0n) is 17.8. The number of aromatic nitrogens is 1. The minimum Gasteiger partial charge on any atom is -0.508 e. The van der Waals surface area contributed by atoms with Crippen LogP contribution in [0.3, 0.4) is 0 Å². The largest absolute Gasteiger partial charge is 0.508 e. The number of phenolic OH excluding ortho intramolecular Hbond substituents is 1. The van der Waals surface area contributed by atoms with E-state index in [1.807, 2.05) is 54.7 Å². The molecule has 0 radical (unpaired) electrons. The maximum absolute atomic E-state index is 10.4. The van der Waals surface area contributed by atoms with Crippen LogP contribution in [-0.2, 0) is 6.54 Å². The van der Waals surface area contributed by atoms with Crippen molar-refractivity contribution in [3.63, 3.8) is 0 Å². The van der Waals surface area contributed by atoms with Gasteiger partial charge in [0.15, 0.2) is 0 Å². The van der Waals surface area contributed by atoms with Crippen LogP contribution < -0.4 is 5.32 Å². The Labute approximate surface area is 188 Å². The zero-order chi connectivity index (χ0) is 21.8. The maximum Gasteiger partial charge on any atom is 0.120 e. The van der Waals surface area contributed by atoms with Gasteiger partial charge < -0.3 is 10.4 Å². The van der Waals surface area contributed by atoms with Crippen molar-refractivity contribution in [3.8, 4) is 16.9 Å². The highest BCUT2D eigenvalue weighted by Crippen LogP contribution is 2.37. The van der Waals surface area contributed by atoms with Crippen LogP contribution in [0.25, 0.3) is 22.0 Å². The van der Waals surface area contributed by atoms with E-state index in [2.05, 4.69) is 41.2 Å². The first-order chi connectivity index (χ1) is 15.1. The van der Waals surface area contributed by atoms with Crippen molar-refractivity contribution >= 4 is 33.9 Å². The van der Waals surface area contributed by atoms with Gasteiger partial charge in [0.2, 0.25) is 0 Å². The van der Waals surface area contributed by atoms with Gasteiger partial charge in [0.1, 0.15) is 5.75 Å². The van der Waals surface area contributed by atoms with Gasteiger partial charge in [0, 0.05) is 40.0 Å². The summed E-state index contributed by atoms with van der Waals surface area (Å²) in [7, 11) is 0. The Hall–Kier alpha value is -3.08. The number of nitrogens with zero attached hydrogens (tertiary/aromatic N) is 2. The van der Waals surface area contributed by atoms with E-state index in [1.165, 1.54) is 0 Å². The lowest BCUT2D eigenvalue weighted by atomic mass is 10.0. The molecule has 0 aliphatic carbocycles.